The zero-order chi connectivity index (χ0) is 19.2. The minimum absolute atomic E-state index is 0.0133. The van der Waals surface area contributed by atoms with Gasteiger partial charge in [0.15, 0.2) is 5.43 Å². The summed E-state index contributed by atoms with van der Waals surface area (Å²) < 4.78 is 38.9. The highest BCUT2D eigenvalue weighted by molar-refractivity contribution is 6.31. The third-order valence-corrected chi connectivity index (χ3v) is 4.20. The lowest BCUT2D eigenvalue weighted by Gasteiger charge is -2.14. The van der Waals surface area contributed by atoms with Crippen LogP contribution < -0.4 is 11.2 Å². The molecule has 0 aliphatic heterocycles. The molecule has 3 N–H and O–H groups in total. The van der Waals surface area contributed by atoms with E-state index in [0.717, 1.165) is 12.1 Å². The zero-order valence-electron chi connectivity index (χ0n) is 13.2. The second-order valence-electron chi connectivity index (χ2n) is 5.64. The van der Waals surface area contributed by atoms with Gasteiger partial charge in [-0.3, -0.25) is 14.6 Å². The standard InChI is InChI=1S/C17H11ClF3N3O2/c1-7-4-9(17(19,20)21)10(18)5-8(7)12-6-13(25)14-11(24-12)2-3-23-15(14)16(22)26/h2-6H,1H3,(H2,22,26)(H,24,25). The van der Waals surface area contributed by atoms with Crippen LogP contribution in [0.4, 0.5) is 13.2 Å². The van der Waals surface area contributed by atoms with Crippen molar-refractivity contribution in [1.82, 2.24) is 9.97 Å². The first-order chi connectivity index (χ1) is 12.1. The molecule has 1 aromatic carbocycles. The number of nitrogens with one attached hydrogen (secondary N) is 1. The van der Waals surface area contributed by atoms with Crippen molar-refractivity contribution in [2.75, 3.05) is 0 Å². The summed E-state index contributed by atoms with van der Waals surface area (Å²) in [5.41, 5.74) is 4.70. The summed E-state index contributed by atoms with van der Waals surface area (Å²) >= 11 is 5.78. The van der Waals surface area contributed by atoms with Gasteiger partial charge >= 0.3 is 6.18 Å². The molecule has 2 heterocycles. The van der Waals surface area contributed by atoms with Gasteiger partial charge in [0.25, 0.3) is 5.91 Å². The van der Waals surface area contributed by atoms with Gasteiger partial charge in [-0.2, -0.15) is 13.2 Å². The minimum Gasteiger partial charge on any atom is -0.364 e. The quantitative estimate of drug-likeness (QED) is 0.709. The molecule has 3 aromatic rings. The normalized spacial score (nSPS) is 11.7. The van der Waals surface area contributed by atoms with E-state index in [9.17, 15) is 22.8 Å². The lowest BCUT2D eigenvalue weighted by Crippen LogP contribution is -2.17. The average molecular weight is 382 g/mol. The van der Waals surface area contributed by atoms with E-state index in [0.29, 0.717) is 5.56 Å². The Hall–Kier alpha value is -2.87. The van der Waals surface area contributed by atoms with E-state index in [-0.39, 0.29) is 27.9 Å². The van der Waals surface area contributed by atoms with Gasteiger partial charge in [-0.25, -0.2) is 0 Å². The zero-order valence-corrected chi connectivity index (χ0v) is 14.0. The number of alkyl halides is 3. The molecule has 0 aliphatic carbocycles. The first-order valence-electron chi connectivity index (χ1n) is 7.29. The number of hydrogen-bond donors (Lipinski definition) is 2. The maximum atomic E-state index is 13.0. The van der Waals surface area contributed by atoms with Crippen molar-refractivity contribution >= 4 is 28.4 Å². The summed E-state index contributed by atoms with van der Waals surface area (Å²) in [6, 6.07) is 4.70. The van der Waals surface area contributed by atoms with E-state index in [2.05, 4.69) is 9.97 Å². The van der Waals surface area contributed by atoms with Gasteiger partial charge < -0.3 is 10.7 Å². The highest BCUT2D eigenvalue weighted by Gasteiger charge is 2.33. The number of hydrogen-bond acceptors (Lipinski definition) is 3. The van der Waals surface area contributed by atoms with Crippen LogP contribution in [0.3, 0.4) is 0 Å². The topological polar surface area (TPSA) is 88.8 Å². The largest absolute Gasteiger partial charge is 0.417 e. The first-order valence-corrected chi connectivity index (χ1v) is 7.67. The number of nitrogens with zero attached hydrogens (tertiary/aromatic N) is 1. The number of aryl methyl sites for hydroxylation is 1. The third-order valence-electron chi connectivity index (χ3n) is 3.89. The van der Waals surface area contributed by atoms with E-state index < -0.39 is 28.1 Å². The summed E-state index contributed by atoms with van der Waals surface area (Å²) in [6.45, 7) is 1.48. The number of aromatic amines is 1. The Morgan fingerprint density at radius 2 is 1.96 bits per heavy atom. The SMILES string of the molecule is Cc1cc(C(F)(F)F)c(Cl)cc1-c1cc(=O)c2c(C(N)=O)nccc2[nH]1. The van der Waals surface area contributed by atoms with Gasteiger partial charge in [0.2, 0.25) is 0 Å². The molecule has 9 heteroatoms. The Kier molecular flexibility index (Phi) is 4.23. The van der Waals surface area contributed by atoms with Crippen LogP contribution in [-0.2, 0) is 6.18 Å². The molecule has 3 rings (SSSR count). The van der Waals surface area contributed by atoms with Crippen LogP contribution in [0.25, 0.3) is 22.2 Å². The summed E-state index contributed by atoms with van der Waals surface area (Å²) in [7, 11) is 0. The number of amides is 1. The number of halogens is 4. The van der Waals surface area contributed by atoms with Crippen LogP contribution in [0.5, 0.6) is 0 Å². The fraction of sp³-hybridized carbons (Fsp3) is 0.118. The molecular formula is C17H11ClF3N3O2. The molecule has 0 aliphatic rings. The Labute approximate surface area is 149 Å². The number of nitrogens with two attached hydrogens (primary N) is 1. The maximum absolute atomic E-state index is 13.0. The predicted molar refractivity (Wildman–Crippen MR) is 91.1 cm³/mol. The smallest absolute Gasteiger partial charge is 0.364 e. The van der Waals surface area contributed by atoms with E-state index in [4.69, 9.17) is 17.3 Å². The number of aromatic nitrogens is 2. The number of pyridine rings is 2. The summed E-state index contributed by atoms with van der Waals surface area (Å²) in [5.74, 6) is -0.859. The van der Waals surface area contributed by atoms with Crippen molar-refractivity contribution in [3.63, 3.8) is 0 Å². The molecule has 0 radical (unpaired) electrons. The molecule has 0 bridgehead atoms. The van der Waals surface area contributed by atoms with Gasteiger partial charge in [0.05, 0.1) is 27.2 Å². The number of fused-ring (bicyclic) bond motifs is 1. The Morgan fingerprint density at radius 1 is 1.27 bits per heavy atom. The molecule has 1 amide bonds. The Bertz CT molecular complexity index is 1110. The summed E-state index contributed by atoms with van der Waals surface area (Å²) in [4.78, 5) is 30.6. The van der Waals surface area contributed by atoms with Crippen molar-refractivity contribution in [1.29, 1.82) is 0 Å². The average Bonchev–Trinajstić information content (AvgIpc) is 2.54. The number of carbonyl (C=O) groups is 1. The Morgan fingerprint density at radius 3 is 2.58 bits per heavy atom. The molecule has 2 aromatic heterocycles. The van der Waals surface area contributed by atoms with E-state index >= 15 is 0 Å². The van der Waals surface area contributed by atoms with E-state index in [1.54, 1.807) is 0 Å². The number of H-pyrrole nitrogens is 1. The van der Waals surface area contributed by atoms with Gasteiger partial charge in [0.1, 0.15) is 5.69 Å². The van der Waals surface area contributed by atoms with Crippen molar-refractivity contribution in [3.05, 3.63) is 62.5 Å². The predicted octanol–water partition coefficient (Wildman–Crippen LogP) is 3.67. The number of primary amides is 1. The summed E-state index contributed by atoms with van der Waals surface area (Å²) in [6.07, 6.45) is -3.28. The van der Waals surface area contributed by atoms with Crippen LogP contribution >= 0.6 is 11.6 Å². The number of benzene rings is 1. The molecule has 134 valence electrons. The maximum Gasteiger partial charge on any atom is 0.417 e. The molecular weight excluding hydrogens is 371 g/mol. The van der Waals surface area contributed by atoms with Crippen molar-refractivity contribution in [2.45, 2.75) is 13.1 Å². The molecule has 26 heavy (non-hydrogen) atoms. The molecule has 0 saturated carbocycles. The van der Waals surface area contributed by atoms with Crippen LogP contribution in [0.1, 0.15) is 21.6 Å². The fourth-order valence-corrected chi connectivity index (χ4v) is 2.99. The highest BCUT2D eigenvalue weighted by atomic mass is 35.5. The second kappa shape index (κ2) is 6.14. The van der Waals surface area contributed by atoms with Crippen molar-refractivity contribution in [2.24, 2.45) is 5.73 Å². The second-order valence-corrected chi connectivity index (χ2v) is 6.05. The van der Waals surface area contributed by atoms with Gasteiger partial charge in [-0.05, 0) is 30.7 Å². The molecule has 0 saturated heterocycles. The molecule has 0 spiro atoms. The number of rotatable bonds is 2. The first kappa shape index (κ1) is 17.9. The highest BCUT2D eigenvalue weighted by Crippen LogP contribution is 2.38. The Balaban J connectivity index is 2.26. The van der Waals surface area contributed by atoms with Crippen LogP contribution in [0.15, 0.2) is 35.3 Å². The lowest BCUT2D eigenvalue weighted by atomic mass is 10.0. The van der Waals surface area contributed by atoms with Crippen LogP contribution in [0.2, 0.25) is 5.02 Å². The van der Waals surface area contributed by atoms with Crippen molar-refractivity contribution < 1.29 is 18.0 Å². The summed E-state index contributed by atoms with van der Waals surface area (Å²) in [5, 5.41) is -0.467. The molecule has 0 unspecified atom stereocenters. The van der Waals surface area contributed by atoms with Gasteiger partial charge in [-0.15, -0.1) is 0 Å². The molecule has 0 fully saturated rings. The van der Waals surface area contributed by atoms with Crippen LogP contribution in [0, 0.1) is 6.92 Å². The molecule has 5 nitrogen and oxygen atoms in total. The van der Waals surface area contributed by atoms with Crippen LogP contribution in [-0.4, -0.2) is 15.9 Å². The van der Waals surface area contributed by atoms with Crippen molar-refractivity contribution in [3.8, 4) is 11.3 Å². The lowest BCUT2D eigenvalue weighted by molar-refractivity contribution is -0.137. The molecule has 0 atom stereocenters. The van der Waals surface area contributed by atoms with Gasteiger partial charge in [0, 0.05) is 17.8 Å². The third kappa shape index (κ3) is 3.03. The minimum atomic E-state index is -4.58. The van der Waals surface area contributed by atoms with E-state index in [1.165, 1.54) is 25.3 Å². The van der Waals surface area contributed by atoms with Gasteiger partial charge in [-0.1, -0.05) is 11.6 Å². The fourth-order valence-electron chi connectivity index (χ4n) is 2.72. The monoisotopic (exact) mass is 381 g/mol. The van der Waals surface area contributed by atoms with E-state index in [1.807, 2.05) is 0 Å². The number of carbonyl (C=O) groups excluding carboxylic acids is 1.